The summed E-state index contributed by atoms with van der Waals surface area (Å²) in [4.78, 5) is 22.4. The molecule has 27 heavy (non-hydrogen) atoms. The number of thiol groups is 1. The molecule has 0 saturated heterocycles. The standard InChI is InChI=1S/C21H39NO3S.Na.H/c1-2-3-4-5-6-7-8-9-10-11-12-13-14-15-16-17-20(23)22-19(18-26)21(24)25;;/h9-10,19,26H,2-8,11-18H2,1H3,(H,22,23)(H,24,25);;/q;+1;-1/b10-9-;;. The van der Waals surface area contributed by atoms with Crippen LogP contribution in [0.25, 0.3) is 0 Å². The second-order valence-corrected chi connectivity index (χ2v) is 7.34. The van der Waals surface area contributed by atoms with Crippen LogP contribution in [-0.2, 0) is 9.59 Å². The van der Waals surface area contributed by atoms with Crippen molar-refractivity contribution in [1.29, 1.82) is 0 Å². The van der Waals surface area contributed by atoms with E-state index in [0.717, 1.165) is 25.7 Å². The number of carbonyl (C=O) groups is 2. The van der Waals surface area contributed by atoms with Crippen molar-refractivity contribution in [2.75, 3.05) is 5.75 Å². The molecule has 0 aromatic rings. The summed E-state index contributed by atoms with van der Waals surface area (Å²) in [7, 11) is 0. The van der Waals surface area contributed by atoms with Gasteiger partial charge in [-0.15, -0.1) is 0 Å². The van der Waals surface area contributed by atoms with Crippen LogP contribution < -0.4 is 34.9 Å². The van der Waals surface area contributed by atoms with Crippen molar-refractivity contribution in [2.24, 2.45) is 0 Å². The molecule has 1 amide bonds. The van der Waals surface area contributed by atoms with Crippen LogP contribution >= 0.6 is 12.6 Å². The fourth-order valence-electron chi connectivity index (χ4n) is 2.81. The van der Waals surface area contributed by atoms with Gasteiger partial charge in [0.05, 0.1) is 0 Å². The first-order chi connectivity index (χ1) is 12.6. The molecule has 0 heterocycles. The van der Waals surface area contributed by atoms with E-state index in [-0.39, 0.29) is 42.6 Å². The summed E-state index contributed by atoms with van der Waals surface area (Å²) in [5.74, 6) is -1.10. The van der Waals surface area contributed by atoms with E-state index in [1.54, 1.807) is 0 Å². The van der Waals surface area contributed by atoms with Crippen molar-refractivity contribution < 1.29 is 45.7 Å². The molecule has 0 rings (SSSR count). The van der Waals surface area contributed by atoms with Crippen LogP contribution in [0.3, 0.4) is 0 Å². The molecule has 0 spiro atoms. The molecule has 0 radical (unpaired) electrons. The number of aliphatic carboxylic acids is 1. The van der Waals surface area contributed by atoms with Crippen molar-refractivity contribution in [3.63, 3.8) is 0 Å². The molecule has 0 aromatic carbocycles. The smallest absolute Gasteiger partial charge is 1.00 e. The number of carbonyl (C=O) groups excluding carboxylic acids is 1. The molecule has 154 valence electrons. The summed E-state index contributed by atoms with van der Waals surface area (Å²) in [5, 5.41) is 11.3. The largest absolute Gasteiger partial charge is 1.00 e. The number of carboxylic acids is 1. The van der Waals surface area contributed by atoms with E-state index < -0.39 is 12.0 Å². The van der Waals surface area contributed by atoms with Crippen molar-refractivity contribution >= 4 is 24.5 Å². The summed E-state index contributed by atoms with van der Waals surface area (Å²) in [5.41, 5.74) is 0. The number of carboxylic acid groups (broad SMARTS) is 1. The molecule has 0 fully saturated rings. The number of rotatable bonds is 18. The second-order valence-electron chi connectivity index (χ2n) is 6.98. The quantitative estimate of drug-likeness (QED) is 0.141. The Hall–Kier alpha value is 0.0300. The average molecular weight is 410 g/mol. The van der Waals surface area contributed by atoms with Gasteiger partial charge in [-0.2, -0.15) is 12.6 Å². The van der Waals surface area contributed by atoms with Gasteiger partial charge in [-0.25, -0.2) is 4.79 Å². The van der Waals surface area contributed by atoms with E-state index in [9.17, 15) is 9.59 Å². The molecular weight excluding hydrogens is 369 g/mol. The Morgan fingerprint density at radius 3 is 1.89 bits per heavy atom. The molecule has 4 nitrogen and oxygen atoms in total. The molecule has 2 N–H and O–H groups in total. The van der Waals surface area contributed by atoms with Crippen molar-refractivity contribution in [3.05, 3.63) is 12.2 Å². The van der Waals surface area contributed by atoms with Gasteiger partial charge in [0, 0.05) is 12.2 Å². The zero-order chi connectivity index (χ0) is 19.5. The maximum absolute atomic E-state index is 11.6. The third kappa shape index (κ3) is 20.6. The Bertz CT molecular complexity index is 398. The van der Waals surface area contributed by atoms with Gasteiger partial charge in [0.2, 0.25) is 5.91 Å². The molecule has 6 heteroatoms. The van der Waals surface area contributed by atoms with E-state index >= 15 is 0 Å². The van der Waals surface area contributed by atoms with E-state index in [1.807, 2.05) is 0 Å². The first-order valence-electron chi connectivity index (χ1n) is 10.4. The second kappa shape index (κ2) is 22.3. The Kier molecular flexibility index (Phi) is 24.2. The van der Waals surface area contributed by atoms with E-state index in [0.29, 0.717) is 6.42 Å². The molecule has 0 aliphatic carbocycles. The molecule has 0 aliphatic rings. The Labute approximate surface area is 195 Å². The third-order valence-corrected chi connectivity index (χ3v) is 4.85. The molecule has 1 atom stereocenters. The number of hydrogen-bond acceptors (Lipinski definition) is 3. The van der Waals surface area contributed by atoms with Gasteiger partial charge in [-0.05, 0) is 32.1 Å². The van der Waals surface area contributed by atoms with Gasteiger partial charge in [-0.3, -0.25) is 4.79 Å². The van der Waals surface area contributed by atoms with Crippen molar-refractivity contribution in [2.45, 2.75) is 103 Å². The first kappa shape index (κ1) is 29.2. The molecular formula is C21H40NNaO3S. The van der Waals surface area contributed by atoms with Gasteiger partial charge in [0.15, 0.2) is 0 Å². The number of unbranched alkanes of at least 4 members (excludes halogenated alkanes) is 11. The number of allylic oxidation sites excluding steroid dienone is 2. The minimum atomic E-state index is -1.03. The van der Waals surface area contributed by atoms with Crippen LogP contribution in [0.1, 0.15) is 98.2 Å². The Morgan fingerprint density at radius 2 is 1.41 bits per heavy atom. The van der Waals surface area contributed by atoms with Crippen molar-refractivity contribution in [3.8, 4) is 0 Å². The van der Waals surface area contributed by atoms with Crippen LogP contribution in [0.2, 0.25) is 0 Å². The number of hydrogen-bond donors (Lipinski definition) is 3. The van der Waals surface area contributed by atoms with E-state index in [4.69, 9.17) is 5.11 Å². The normalized spacial score (nSPS) is 11.9. The Morgan fingerprint density at radius 1 is 0.926 bits per heavy atom. The molecule has 0 bridgehead atoms. The zero-order valence-electron chi connectivity index (χ0n) is 18.5. The number of amides is 1. The van der Waals surface area contributed by atoms with Gasteiger partial charge < -0.3 is 11.8 Å². The van der Waals surface area contributed by atoms with Gasteiger partial charge in [-0.1, -0.05) is 70.4 Å². The maximum Gasteiger partial charge on any atom is 1.00 e. The molecule has 0 aliphatic heterocycles. The van der Waals surface area contributed by atoms with Gasteiger partial charge >= 0.3 is 35.5 Å². The average Bonchev–Trinajstić information content (AvgIpc) is 2.62. The monoisotopic (exact) mass is 409 g/mol. The summed E-state index contributed by atoms with van der Waals surface area (Å²) in [6, 6.07) is -0.881. The SMILES string of the molecule is CCCCCCCC/C=C\CCCCCCCC(=O)NC(CS)C(=O)O.[H-].[Na+]. The van der Waals surface area contributed by atoms with Crippen molar-refractivity contribution in [1.82, 2.24) is 5.32 Å². The fraction of sp³-hybridized carbons (Fsp3) is 0.810. The Balaban J connectivity index is -0.00000312. The topological polar surface area (TPSA) is 66.4 Å². The van der Waals surface area contributed by atoms with E-state index in [1.165, 1.54) is 57.8 Å². The first-order valence-corrected chi connectivity index (χ1v) is 11.0. The summed E-state index contributed by atoms with van der Waals surface area (Å²) in [6.07, 6.45) is 20.9. The van der Waals surface area contributed by atoms with Gasteiger partial charge in [0.25, 0.3) is 0 Å². The van der Waals surface area contributed by atoms with Crippen LogP contribution in [0, 0.1) is 0 Å². The van der Waals surface area contributed by atoms with Crippen LogP contribution in [0.4, 0.5) is 0 Å². The predicted molar refractivity (Wildman–Crippen MR) is 114 cm³/mol. The summed E-state index contributed by atoms with van der Waals surface area (Å²) in [6.45, 7) is 2.25. The van der Waals surface area contributed by atoms with E-state index in [2.05, 4.69) is 37.0 Å². The minimum Gasteiger partial charge on any atom is -1.00 e. The number of nitrogens with one attached hydrogen (secondary N) is 1. The fourth-order valence-corrected chi connectivity index (χ4v) is 3.06. The minimum absolute atomic E-state index is 0. The summed E-state index contributed by atoms with van der Waals surface area (Å²) < 4.78 is 0. The third-order valence-electron chi connectivity index (χ3n) is 4.48. The van der Waals surface area contributed by atoms with Crippen LogP contribution in [-0.4, -0.2) is 28.8 Å². The zero-order valence-corrected chi connectivity index (χ0v) is 20.4. The molecule has 0 saturated carbocycles. The van der Waals surface area contributed by atoms with Gasteiger partial charge in [0.1, 0.15) is 6.04 Å². The predicted octanol–water partition coefficient (Wildman–Crippen LogP) is 2.64. The maximum atomic E-state index is 11.6. The van der Waals surface area contributed by atoms with Crippen LogP contribution in [0.15, 0.2) is 12.2 Å². The van der Waals surface area contributed by atoms with Crippen LogP contribution in [0.5, 0.6) is 0 Å². The molecule has 0 aromatic heterocycles. The summed E-state index contributed by atoms with van der Waals surface area (Å²) >= 11 is 3.93. The molecule has 1 unspecified atom stereocenters.